The Morgan fingerprint density at radius 3 is 1.95 bits per heavy atom. The normalized spacial score (nSPS) is 9.32. The molecule has 19 heavy (non-hydrogen) atoms. The standard InChI is InChI=1S/C10H7ClN2.C4H4N2/c11-9-4-2-1-3-8(9)10-5-6-12-7-13-10;1-2-6-4-3-5-1/h1-7H;1-4H. The summed E-state index contributed by atoms with van der Waals surface area (Å²) in [4.78, 5) is 15.4. The summed E-state index contributed by atoms with van der Waals surface area (Å²) in [6.07, 6.45) is 9.77. The Kier molecular flexibility index (Phi) is 4.96. The van der Waals surface area contributed by atoms with Gasteiger partial charge in [-0.2, -0.15) is 0 Å². The molecular weight excluding hydrogens is 260 g/mol. The van der Waals surface area contributed by atoms with Crippen LogP contribution in [0.4, 0.5) is 0 Å². The van der Waals surface area contributed by atoms with E-state index in [0.717, 1.165) is 11.3 Å². The number of rotatable bonds is 1. The summed E-state index contributed by atoms with van der Waals surface area (Å²) in [5, 5.41) is 0.709. The van der Waals surface area contributed by atoms with Crippen molar-refractivity contribution in [1.29, 1.82) is 0 Å². The van der Waals surface area contributed by atoms with Gasteiger partial charge in [-0.05, 0) is 12.1 Å². The molecule has 0 unspecified atom stereocenters. The van der Waals surface area contributed by atoms with Crippen LogP contribution in [0.1, 0.15) is 0 Å². The van der Waals surface area contributed by atoms with E-state index in [1.165, 1.54) is 6.33 Å². The quantitative estimate of drug-likeness (QED) is 0.681. The summed E-state index contributed by atoms with van der Waals surface area (Å²) in [5.41, 5.74) is 1.78. The summed E-state index contributed by atoms with van der Waals surface area (Å²) >= 11 is 6.00. The number of hydrogen-bond acceptors (Lipinski definition) is 4. The zero-order chi connectivity index (χ0) is 13.3. The van der Waals surface area contributed by atoms with E-state index in [1.54, 1.807) is 31.0 Å². The van der Waals surface area contributed by atoms with Crippen LogP contribution in [0.2, 0.25) is 5.02 Å². The molecule has 0 radical (unpaired) electrons. The third-order valence-electron chi connectivity index (χ3n) is 2.21. The number of aromatic nitrogens is 4. The first-order valence-corrected chi connectivity index (χ1v) is 5.96. The molecule has 0 spiro atoms. The van der Waals surface area contributed by atoms with Crippen LogP contribution in [0.5, 0.6) is 0 Å². The summed E-state index contributed by atoms with van der Waals surface area (Å²) in [7, 11) is 0. The highest BCUT2D eigenvalue weighted by Crippen LogP contribution is 2.24. The van der Waals surface area contributed by atoms with Gasteiger partial charge in [-0.3, -0.25) is 9.97 Å². The fourth-order valence-corrected chi connectivity index (χ4v) is 1.60. The lowest BCUT2D eigenvalue weighted by molar-refractivity contribution is 1.17. The second kappa shape index (κ2) is 7.18. The van der Waals surface area contributed by atoms with Crippen molar-refractivity contribution in [2.45, 2.75) is 0 Å². The molecule has 4 nitrogen and oxygen atoms in total. The van der Waals surface area contributed by atoms with Gasteiger partial charge in [0.1, 0.15) is 6.33 Å². The molecular formula is C14H11ClN4. The topological polar surface area (TPSA) is 51.6 Å². The van der Waals surface area contributed by atoms with Gasteiger partial charge in [0, 0.05) is 41.6 Å². The van der Waals surface area contributed by atoms with Crippen LogP contribution in [-0.2, 0) is 0 Å². The smallest absolute Gasteiger partial charge is 0.116 e. The van der Waals surface area contributed by atoms with Crippen LogP contribution in [-0.4, -0.2) is 19.9 Å². The van der Waals surface area contributed by atoms with Gasteiger partial charge in [0.25, 0.3) is 0 Å². The lowest BCUT2D eigenvalue weighted by Gasteiger charge is -2.00. The molecule has 2 heterocycles. The molecule has 0 aliphatic heterocycles. The largest absolute Gasteiger partial charge is 0.262 e. The van der Waals surface area contributed by atoms with Crippen molar-refractivity contribution in [2.75, 3.05) is 0 Å². The Morgan fingerprint density at radius 1 is 0.737 bits per heavy atom. The van der Waals surface area contributed by atoms with Gasteiger partial charge in [-0.25, -0.2) is 9.97 Å². The Morgan fingerprint density at radius 2 is 1.42 bits per heavy atom. The van der Waals surface area contributed by atoms with Crippen LogP contribution >= 0.6 is 11.6 Å². The monoisotopic (exact) mass is 270 g/mol. The van der Waals surface area contributed by atoms with E-state index >= 15 is 0 Å². The molecule has 94 valence electrons. The van der Waals surface area contributed by atoms with Crippen LogP contribution in [0, 0.1) is 0 Å². The Hall–Kier alpha value is -2.33. The van der Waals surface area contributed by atoms with Crippen molar-refractivity contribution in [3.8, 4) is 11.3 Å². The third kappa shape index (κ3) is 4.12. The van der Waals surface area contributed by atoms with Gasteiger partial charge in [-0.15, -0.1) is 0 Å². The summed E-state index contributed by atoms with van der Waals surface area (Å²) in [6, 6.07) is 9.45. The second-order valence-corrected chi connectivity index (χ2v) is 3.88. The predicted molar refractivity (Wildman–Crippen MR) is 74.5 cm³/mol. The van der Waals surface area contributed by atoms with E-state index in [1.807, 2.05) is 30.3 Å². The van der Waals surface area contributed by atoms with Crippen molar-refractivity contribution in [2.24, 2.45) is 0 Å². The van der Waals surface area contributed by atoms with Crippen molar-refractivity contribution in [3.05, 3.63) is 72.7 Å². The number of halogens is 1. The summed E-state index contributed by atoms with van der Waals surface area (Å²) in [6.45, 7) is 0. The first-order chi connectivity index (χ1) is 9.38. The molecule has 5 heteroatoms. The van der Waals surface area contributed by atoms with Gasteiger partial charge < -0.3 is 0 Å². The molecule has 0 aliphatic carbocycles. The average Bonchev–Trinajstić information content (AvgIpc) is 2.51. The zero-order valence-corrected chi connectivity index (χ0v) is 10.8. The van der Waals surface area contributed by atoms with E-state index in [0.29, 0.717) is 5.02 Å². The highest BCUT2D eigenvalue weighted by atomic mass is 35.5. The molecule has 0 bridgehead atoms. The molecule has 0 saturated carbocycles. The fraction of sp³-hybridized carbons (Fsp3) is 0. The Bertz CT molecular complexity index is 575. The van der Waals surface area contributed by atoms with E-state index in [-0.39, 0.29) is 0 Å². The third-order valence-corrected chi connectivity index (χ3v) is 2.54. The zero-order valence-electron chi connectivity index (χ0n) is 10.0. The van der Waals surface area contributed by atoms with Gasteiger partial charge in [-0.1, -0.05) is 29.8 Å². The molecule has 2 aromatic heterocycles. The molecule has 0 saturated heterocycles. The van der Waals surface area contributed by atoms with Gasteiger partial charge in [0.2, 0.25) is 0 Å². The van der Waals surface area contributed by atoms with E-state index < -0.39 is 0 Å². The van der Waals surface area contributed by atoms with Crippen molar-refractivity contribution < 1.29 is 0 Å². The van der Waals surface area contributed by atoms with Crippen LogP contribution in [0.25, 0.3) is 11.3 Å². The van der Waals surface area contributed by atoms with Gasteiger partial charge >= 0.3 is 0 Å². The molecule has 0 N–H and O–H groups in total. The minimum absolute atomic E-state index is 0.709. The highest BCUT2D eigenvalue weighted by molar-refractivity contribution is 6.33. The van der Waals surface area contributed by atoms with E-state index in [2.05, 4.69) is 19.9 Å². The van der Waals surface area contributed by atoms with Crippen LogP contribution < -0.4 is 0 Å². The Labute approximate surface area is 116 Å². The van der Waals surface area contributed by atoms with E-state index in [4.69, 9.17) is 11.6 Å². The number of hydrogen-bond donors (Lipinski definition) is 0. The predicted octanol–water partition coefficient (Wildman–Crippen LogP) is 3.27. The molecule has 0 fully saturated rings. The van der Waals surface area contributed by atoms with Gasteiger partial charge in [0.05, 0.1) is 5.69 Å². The minimum atomic E-state index is 0.709. The fourth-order valence-electron chi connectivity index (χ4n) is 1.37. The molecule has 0 amide bonds. The van der Waals surface area contributed by atoms with Gasteiger partial charge in [0.15, 0.2) is 0 Å². The lowest BCUT2D eigenvalue weighted by Crippen LogP contribution is -1.84. The molecule has 0 atom stereocenters. The van der Waals surface area contributed by atoms with E-state index in [9.17, 15) is 0 Å². The Balaban J connectivity index is 0.000000186. The van der Waals surface area contributed by atoms with Crippen molar-refractivity contribution in [1.82, 2.24) is 19.9 Å². The maximum Gasteiger partial charge on any atom is 0.116 e. The molecule has 3 aromatic rings. The minimum Gasteiger partial charge on any atom is -0.262 e. The van der Waals surface area contributed by atoms with Crippen molar-refractivity contribution in [3.63, 3.8) is 0 Å². The molecule has 0 aliphatic rings. The van der Waals surface area contributed by atoms with Crippen LogP contribution in [0.15, 0.2) is 67.6 Å². The first kappa shape index (κ1) is 13.1. The van der Waals surface area contributed by atoms with Crippen LogP contribution in [0.3, 0.4) is 0 Å². The SMILES string of the molecule is Clc1ccccc1-c1ccncn1.c1cnccn1. The number of nitrogens with zero attached hydrogens (tertiary/aromatic N) is 4. The average molecular weight is 271 g/mol. The maximum atomic E-state index is 6.00. The number of benzene rings is 1. The molecule has 3 rings (SSSR count). The first-order valence-electron chi connectivity index (χ1n) is 5.59. The van der Waals surface area contributed by atoms with Crippen molar-refractivity contribution >= 4 is 11.6 Å². The summed E-state index contributed by atoms with van der Waals surface area (Å²) < 4.78 is 0. The summed E-state index contributed by atoms with van der Waals surface area (Å²) in [5.74, 6) is 0. The molecule has 1 aromatic carbocycles. The lowest BCUT2D eigenvalue weighted by atomic mass is 10.1. The highest BCUT2D eigenvalue weighted by Gasteiger charge is 2.01. The maximum absolute atomic E-state index is 6.00. The second-order valence-electron chi connectivity index (χ2n) is 3.47.